The van der Waals surface area contributed by atoms with Crippen molar-refractivity contribution in [2.24, 2.45) is 34.5 Å². The molecule has 0 unspecified atom stereocenters. The number of esters is 6. The third-order valence-corrected chi connectivity index (χ3v) is 12.0. The Morgan fingerprint density at radius 3 is 1.01 bits per heavy atom. The van der Waals surface area contributed by atoms with E-state index < -0.39 is 63.8 Å². The fourth-order valence-corrected chi connectivity index (χ4v) is 8.33. The van der Waals surface area contributed by atoms with E-state index in [0.717, 1.165) is 25.9 Å². The third-order valence-electron chi connectivity index (χ3n) is 12.0. The summed E-state index contributed by atoms with van der Waals surface area (Å²) in [7, 11) is 0. The van der Waals surface area contributed by atoms with Gasteiger partial charge < -0.3 is 53.0 Å². The monoisotopic (exact) mass is 1040 g/mol. The molecular weight excluding hydrogens is 946 g/mol. The van der Waals surface area contributed by atoms with Gasteiger partial charge >= 0.3 is 48.0 Å². The Morgan fingerprint density at radius 1 is 0.451 bits per heavy atom. The summed E-state index contributed by atoms with van der Waals surface area (Å²) in [6.07, 6.45) is 5.40. The van der Waals surface area contributed by atoms with Crippen molar-refractivity contribution in [3.8, 4) is 0 Å². The number of piperidine rings is 3. The molecule has 71 heavy (non-hydrogen) atoms. The molecule has 0 spiro atoms. The summed E-state index contributed by atoms with van der Waals surface area (Å²) in [5.41, 5.74) is -3.54. The number of halogens is 1. The molecular formula is C51H90ClN3O16. The largest absolute Gasteiger partial charge is 0.465 e. The van der Waals surface area contributed by atoms with Gasteiger partial charge in [0.2, 0.25) is 0 Å². The summed E-state index contributed by atoms with van der Waals surface area (Å²) in [6, 6.07) is 0. The number of nitrogens with one attached hydrogen (secondary N) is 1. The first kappa shape index (κ1) is 66.6. The van der Waals surface area contributed by atoms with Gasteiger partial charge in [-0.25, -0.2) is 9.59 Å². The molecule has 3 aliphatic heterocycles. The zero-order valence-electron chi connectivity index (χ0n) is 45.5. The highest BCUT2D eigenvalue weighted by atomic mass is 35.5. The van der Waals surface area contributed by atoms with Crippen molar-refractivity contribution in [2.45, 2.75) is 166 Å². The van der Waals surface area contributed by atoms with Gasteiger partial charge in [0.05, 0.1) is 39.6 Å². The SMILES string of the molecule is CCOC(=O)C(C)(CC1CCN(C(=O)OC(C)(C)C)CC1)C(=O)OCC.CCOC(=O)C(C)(CC1CCNCC1)C(=O)OCC.CCOC(=O)C(CC1CCN(C(=O)OC(C)(C)C)CC1)C(=O)OCC.Cl. The van der Waals surface area contributed by atoms with Crippen LogP contribution in [0.15, 0.2) is 0 Å². The van der Waals surface area contributed by atoms with Gasteiger partial charge in [-0.05, 0) is 186 Å². The summed E-state index contributed by atoms with van der Waals surface area (Å²) in [4.78, 5) is 101. The van der Waals surface area contributed by atoms with Crippen LogP contribution in [0.4, 0.5) is 9.59 Å². The van der Waals surface area contributed by atoms with E-state index in [2.05, 4.69) is 5.32 Å². The number of rotatable bonds is 18. The van der Waals surface area contributed by atoms with Crippen LogP contribution >= 0.6 is 12.4 Å². The van der Waals surface area contributed by atoms with Gasteiger partial charge in [0.1, 0.15) is 11.2 Å². The number of nitrogens with zero attached hydrogens (tertiary/aromatic N) is 2. The standard InChI is InChI=1S/C19H33NO6.C18H31NO6.C14H25NO4.ClH/c1-7-24-15(21)19(6,16(22)25-8-2)13-14-9-11-20(12-10-14)17(23)26-18(3,4)5;1-6-23-15(20)14(16(21)24-7-2)12-13-8-10-19(11-9-13)17(22)25-18(3,4)5;1-4-18-12(16)14(3,13(17)19-5-2)10-11-6-8-15-9-7-11;/h14H,7-13H2,1-6H3;13-14H,6-12H2,1-5H3;11,15H,4-10H2,1-3H3;1H. The van der Waals surface area contributed by atoms with E-state index in [9.17, 15) is 38.4 Å². The molecule has 0 aromatic rings. The summed E-state index contributed by atoms with van der Waals surface area (Å²) in [6.45, 7) is 30.1. The van der Waals surface area contributed by atoms with Crippen molar-refractivity contribution < 1.29 is 76.3 Å². The van der Waals surface area contributed by atoms with Gasteiger partial charge in [-0.15, -0.1) is 12.4 Å². The Morgan fingerprint density at radius 2 is 0.732 bits per heavy atom. The second-order valence-corrected chi connectivity index (χ2v) is 20.3. The summed E-state index contributed by atoms with van der Waals surface area (Å²) in [5, 5.41) is 3.28. The van der Waals surface area contributed by atoms with Crippen molar-refractivity contribution >= 4 is 60.4 Å². The Hall–Kier alpha value is -4.39. The van der Waals surface area contributed by atoms with Crippen molar-refractivity contribution in [2.75, 3.05) is 78.9 Å². The van der Waals surface area contributed by atoms with Crippen LogP contribution in [-0.2, 0) is 66.7 Å². The molecule has 0 radical (unpaired) electrons. The second kappa shape index (κ2) is 32.6. The zero-order chi connectivity index (χ0) is 53.3. The zero-order valence-corrected chi connectivity index (χ0v) is 46.3. The van der Waals surface area contributed by atoms with Crippen molar-refractivity contribution in [1.29, 1.82) is 0 Å². The predicted molar refractivity (Wildman–Crippen MR) is 267 cm³/mol. The molecule has 3 rings (SSSR count). The van der Waals surface area contributed by atoms with Crippen molar-refractivity contribution in [1.82, 2.24) is 15.1 Å². The van der Waals surface area contributed by atoms with Gasteiger partial charge in [0.15, 0.2) is 16.7 Å². The van der Waals surface area contributed by atoms with Crippen LogP contribution in [0.1, 0.15) is 155 Å². The summed E-state index contributed by atoms with van der Waals surface area (Å²) < 4.78 is 41.1. The highest BCUT2D eigenvalue weighted by molar-refractivity contribution is 6.00. The van der Waals surface area contributed by atoms with Crippen LogP contribution in [-0.4, -0.2) is 148 Å². The number of hydrogen-bond acceptors (Lipinski definition) is 17. The third kappa shape index (κ3) is 23.8. The summed E-state index contributed by atoms with van der Waals surface area (Å²) in [5.74, 6) is -3.32. The number of likely N-dealkylation sites (tertiary alicyclic amines) is 2. The van der Waals surface area contributed by atoms with E-state index in [1.54, 1.807) is 65.2 Å². The van der Waals surface area contributed by atoms with Gasteiger partial charge in [-0.1, -0.05) is 0 Å². The smallest absolute Gasteiger partial charge is 0.410 e. The first-order chi connectivity index (χ1) is 32.7. The Bertz CT molecular complexity index is 1610. The predicted octanol–water partition coefficient (Wildman–Crippen LogP) is 7.85. The Labute approximate surface area is 429 Å². The molecule has 20 heteroatoms. The van der Waals surface area contributed by atoms with Crippen LogP contribution in [0.2, 0.25) is 0 Å². The summed E-state index contributed by atoms with van der Waals surface area (Å²) >= 11 is 0. The topological polar surface area (TPSA) is 229 Å². The molecule has 0 saturated carbocycles. The quantitative estimate of drug-likeness (QED) is 0.0783. The Balaban J connectivity index is 0.00000104. The van der Waals surface area contributed by atoms with E-state index in [4.69, 9.17) is 37.9 Å². The van der Waals surface area contributed by atoms with Crippen molar-refractivity contribution in [3.63, 3.8) is 0 Å². The highest BCUT2D eigenvalue weighted by Gasteiger charge is 2.47. The fourth-order valence-electron chi connectivity index (χ4n) is 8.33. The minimum atomic E-state index is -1.31. The molecule has 3 fully saturated rings. The maximum absolute atomic E-state index is 12.4. The lowest BCUT2D eigenvalue weighted by Gasteiger charge is -2.36. The molecule has 0 aromatic heterocycles. The molecule has 19 nitrogen and oxygen atoms in total. The maximum Gasteiger partial charge on any atom is 0.410 e. The molecule has 1 N–H and O–H groups in total. The van der Waals surface area contributed by atoms with Gasteiger partial charge in [0, 0.05) is 26.2 Å². The van der Waals surface area contributed by atoms with Crippen LogP contribution in [0.3, 0.4) is 0 Å². The number of hydrogen-bond donors (Lipinski definition) is 1. The molecule has 3 heterocycles. The average molecular weight is 1040 g/mol. The number of ether oxygens (including phenoxy) is 8. The van der Waals surface area contributed by atoms with Gasteiger partial charge in [0.25, 0.3) is 0 Å². The van der Waals surface area contributed by atoms with E-state index in [-0.39, 0.29) is 76.1 Å². The van der Waals surface area contributed by atoms with E-state index in [1.165, 1.54) is 0 Å². The van der Waals surface area contributed by atoms with E-state index >= 15 is 0 Å². The first-order valence-corrected chi connectivity index (χ1v) is 25.4. The van der Waals surface area contributed by atoms with Crippen LogP contribution < -0.4 is 5.32 Å². The lowest BCUT2D eigenvalue weighted by molar-refractivity contribution is -0.174. The average Bonchev–Trinajstić information content (AvgIpc) is 3.28. The minimum Gasteiger partial charge on any atom is -0.465 e. The Kier molecular flexibility index (Phi) is 30.6. The molecule has 0 aliphatic carbocycles. The number of carbonyl (C=O) groups is 8. The van der Waals surface area contributed by atoms with Gasteiger partial charge in [-0.2, -0.15) is 0 Å². The molecule has 412 valence electrons. The molecule has 0 bridgehead atoms. The second-order valence-electron chi connectivity index (χ2n) is 20.3. The number of carbonyl (C=O) groups excluding carboxylic acids is 8. The van der Waals surface area contributed by atoms with E-state index in [1.807, 2.05) is 41.5 Å². The molecule has 3 saturated heterocycles. The lowest BCUT2D eigenvalue weighted by atomic mass is 9.77. The highest BCUT2D eigenvalue weighted by Crippen LogP contribution is 2.36. The molecule has 2 amide bonds. The van der Waals surface area contributed by atoms with Crippen LogP contribution in [0.5, 0.6) is 0 Å². The fraction of sp³-hybridized carbons (Fsp3) is 0.843. The lowest BCUT2D eigenvalue weighted by Crippen LogP contribution is -2.45. The maximum atomic E-state index is 12.4. The number of amides is 2. The first-order valence-electron chi connectivity index (χ1n) is 25.4. The van der Waals surface area contributed by atoms with Crippen LogP contribution in [0.25, 0.3) is 0 Å². The molecule has 0 atom stereocenters. The van der Waals surface area contributed by atoms with Crippen molar-refractivity contribution in [3.05, 3.63) is 0 Å². The molecule has 3 aliphatic rings. The minimum absolute atomic E-state index is 0. The van der Waals surface area contributed by atoms with Gasteiger partial charge in [-0.3, -0.25) is 28.8 Å². The van der Waals surface area contributed by atoms with E-state index in [0.29, 0.717) is 77.0 Å². The molecule has 0 aromatic carbocycles. The normalized spacial score (nSPS) is 16.0. The van der Waals surface area contributed by atoms with Crippen LogP contribution in [0, 0.1) is 34.5 Å².